The van der Waals surface area contributed by atoms with E-state index in [0.717, 1.165) is 5.56 Å². The molecular weight excluding hydrogens is 241 g/mol. The van der Waals surface area contributed by atoms with Crippen molar-refractivity contribution in [1.82, 2.24) is 0 Å². The molecule has 0 aliphatic heterocycles. The summed E-state index contributed by atoms with van der Waals surface area (Å²) < 4.78 is 40.0. The van der Waals surface area contributed by atoms with Gasteiger partial charge in [-0.3, -0.25) is 0 Å². The molecular formula is C11H12ClF3O. The molecule has 0 radical (unpaired) electrons. The maximum Gasteiger partial charge on any atom is 0.573 e. The van der Waals surface area contributed by atoms with Crippen LogP contribution in [0.4, 0.5) is 13.2 Å². The monoisotopic (exact) mass is 252 g/mol. The Kier molecular flexibility index (Phi) is 3.43. The average molecular weight is 253 g/mol. The summed E-state index contributed by atoms with van der Waals surface area (Å²) >= 11 is 5.63. The smallest absolute Gasteiger partial charge is 0.404 e. The van der Waals surface area contributed by atoms with Gasteiger partial charge in [0.25, 0.3) is 0 Å². The molecule has 90 valence electrons. The molecule has 0 aliphatic rings. The normalized spacial score (nSPS) is 12.7. The fourth-order valence-electron chi connectivity index (χ4n) is 1.17. The first-order valence-electron chi connectivity index (χ1n) is 4.65. The molecule has 5 heteroatoms. The summed E-state index contributed by atoms with van der Waals surface area (Å²) in [6.07, 6.45) is -4.72. The Labute approximate surface area is 97.2 Å². The van der Waals surface area contributed by atoms with Gasteiger partial charge in [-0.05, 0) is 23.1 Å². The summed E-state index contributed by atoms with van der Waals surface area (Å²) in [6.45, 7) is 5.69. The van der Waals surface area contributed by atoms with Gasteiger partial charge in [0, 0.05) is 0 Å². The zero-order valence-electron chi connectivity index (χ0n) is 9.15. The van der Waals surface area contributed by atoms with Crippen LogP contribution in [0.1, 0.15) is 26.3 Å². The molecule has 1 aromatic rings. The number of halogens is 4. The van der Waals surface area contributed by atoms with Crippen LogP contribution in [0, 0.1) is 0 Å². The predicted octanol–water partition coefficient (Wildman–Crippen LogP) is 4.54. The number of hydrogen-bond donors (Lipinski definition) is 0. The summed E-state index contributed by atoms with van der Waals surface area (Å²) in [4.78, 5) is 0. The van der Waals surface area contributed by atoms with Crippen LogP contribution in [-0.2, 0) is 5.41 Å². The van der Waals surface area contributed by atoms with Crippen molar-refractivity contribution in [3.8, 4) is 5.75 Å². The first kappa shape index (κ1) is 13.2. The minimum Gasteiger partial charge on any atom is -0.404 e. The third-order valence-corrected chi connectivity index (χ3v) is 2.34. The van der Waals surface area contributed by atoms with Gasteiger partial charge in [-0.1, -0.05) is 38.4 Å². The largest absolute Gasteiger partial charge is 0.573 e. The van der Waals surface area contributed by atoms with E-state index in [1.165, 1.54) is 12.1 Å². The van der Waals surface area contributed by atoms with Crippen LogP contribution >= 0.6 is 11.6 Å². The molecule has 0 unspecified atom stereocenters. The molecule has 0 spiro atoms. The summed E-state index contributed by atoms with van der Waals surface area (Å²) in [5.74, 6) is -0.360. The van der Waals surface area contributed by atoms with Crippen molar-refractivity contribution in [2.24, 2.45) is 0 Å². The molecule has 0 aromatic heterocycles. The van der Waals surface area contributed by atoms with E-state index in [-0.39, 0.29) is 16.2 Å². The Morgan fingerprint density at radius 2 is 1.69 bits per heavy atom. The zero-order chi connectivity index (χ0) is 12.6. The Balaban J connectivity index is 3.10. The third-order valence-electron chi connectivity index (χ3n) is 2.02. The van der Waals surface area contributed by atoms with Crippen molar-refractivity contribution in [3.05, 3.63) is 28.8 Å². The second-order valence-corrected chi connectivity index (χ2v) is 4.85. The van der Waals surface area contributed by atoms with E-state index >= 15 is 0 Å². The summed E-state index contributed by atoms with van der Waals surface area (Å²) in [5, 5.41) is -0.0506. The zero-order valence-corrected chi connectivity index (χ0v) is 9.91. The van der Waals surface area contributed by atoms with Crippen molar-refractivity contribution in [2.45, 2.75) is 32.5 Å². The minimum absolute atomic E-state index is 0.0506. The summed E-state index contributed by atoms with van der Waals surface area (Å²) in [6, 6.07) is 4.41. The van der Waals surface area contributed by atoms with Gasteiger partial charge in [0.15, 0.2) is 0 Å². The topological polar surface area (TPSA) is 9.23 Å². The fourth-order valence-corrected chi connectivity index (χ4v) is 1.33. The van der Waals surface area contributed by atoms with E-state index < -0.39 is 6.36 Å². The van der Waals surface area contributed by atoms with Gasteiger partial charge in [0.2, 0.25) is 0 Å². The van der Waals surface area contributed by atoms with Crippen LogP contribution < -0.4 is 4.74 Å². The maximum atomic E-state index is 12.1. The average Bonchev–Trinajstić information content (AvgIpc) is 2.04. The van der Waals surface area contributed by atoms with E-state index in [2.05, 4.69) is 4.74 Å². The molecule has 0 heterocycles. The molecule has 1 rings (SSSR count). The number of benzene rings is 1. The van der Waals surface area contributed by atoms with E-state index in [9.17, 15) is 13.2 Å². The molecule has 0 amide bonds. The first-order chi connectivity index (χ1) is 7.09. The van der Waals surface area contributed by atoms with Crippen molar-refractivity contribution >= 4 is 11.6 Å². The Morgan fingerprint density at radius 1 is 1.12 bits per heavy atom. The Bertz CT molecular complexity index is 380. The minimum atomic E-state index is -4.72. The van der Waals surface area contributed by atoms with E-state index in [4.69, 9.17) is 11.6 Å². The van der Waals surface area contributed by atoms with Gasteiger partial charge >= 0.3 is 6.36 Å². The van der Waals surface area contributed by atoms with Crippen LogP contribution in [0.2, 0.25) is 5.02 Å². The van der Waals surface area contributed by atoms with Gasteiger partial charge in [-0.15, -0.1) is 13.2 Å². The Hall–Kier alpha value is -0.900. The standard InChI is InChI=1S/C11H12ClF3O/c1-10(2,3)7-4-5-8(12)9(6-7)16-11(13,14)15/h4-6H,1-3H3. The second kappa shape index (κ2) is 4.17. The molecule has 0 bridgehead atoms. The second-order valence-electron chi connectivity index (χ2n) is 4.44. The highest BCUT2D eigenvalue weighted by Gasteiger charge is 2.32. The van der Waals surface area contributed by atoms with Crippen LogP contribution in [-0.4, -0.2) is 6.36 Å². The molecule has 16 heavy (non-hydrogen) atoms. The lowest BCUT2D eigenvalue weighted by atomic mass is 9.87. The number of ether oxygens (including phenoxy) is 1. The van der Waals surface area contributed by atoms with Crippen molar-refractivity contribution < 1.29 is 17.9 Å². The molecule has 0 saturated heterocycles. The molecule has 0 N–H and O–H groups in total. The summed E-state index contributed by atoms with van der Waals surface area (Å²) in [7, 11) is 0. The molecule has 0 atom stereocenters. The predicted molar refractivity (Wildman–Crippen MR) is 56.8 cm³/mol. The first-order valence-corrected chi connectivity index (χ1v) is 5.03. The van der Waals surface area contributed by atoms with Crippen molar-refractivity contribution in [2.75, 3.05) is 0 Å². The number of rotatable bonds is 1. The molecule has 1 aromatic carbocycles. The van der Waals surface area contributed by atoms with Gasteiger partial charge in [-0.25, -0.2) is 0 Å². The lowest BCUT2D eigenvalue weighted by molar-refractivity contribution is -0.274. The highest BCUT2D eigenvalue weighted by Crippen LogP contribution is 2.34. The van der Waals surface area contributed by atoms with Crippen LogP contribution in [0.25, 0.3) is 0 Å². The molecule has 0 saturated carbocycles. The SMILES string of the molecule is CC(C)(C)c1ccc(Cl)c(OC(F)(F)F)c1. The van der Waals surface area contributed by atoms with E-state index in [1.54, 1.807) is 6.07 Å². The molecule has 1 nitrogen and oxygen atoms in total. The quantitative estimate of drug-likeness (QED) is 0.713. The van der Waals surface area contributed by atoms with Crippen LogP contribution in [0.15, 0.2) is 18.2 Å². The van der Waals surface area contributed by atoms with Gasteiger partial charge in [-0.2, -0.15) is 0 Å². The van der Waals surface area contributed by atoms with Gasteiger partial charge in [0.05, 0.1) is 5.02 Å². The number of alkyl halides is 3. The lowest BCUT2D eigenvalue weighted by Gasteiger charge is -2.20. The third kappa shape index (κ3) is 3.59. The van der Waals surface area contributed by atoms with E-state index in [1.807, 2.05) is 20.8 Å². The highest BCUT2D eigenvalue weighted by atomic mass is 35.5. The summed E-state index contributed by atoms with van der Waals surface area (Å²) in [5.41, 5.74) is 0.477. The van der Waals surface area contributed by atoms with Crippen molar-refractivity contribution in [1.29, 1.82) is 0 Å². The molecule has 0 aliphatic carbocycles. The Morgan fingerprint density at radius 3 is 2.12 bits per heavy atom. The lowest BCUT2D eigenvalue weighted by Crippen LogP contribution is -2.18. The maximum absolute atomic E-state index is 12.1. The molecule has 0 fully saturated rings. The van der Waals surface area contributed by atoms with Gasteiger partial charge < -0.3 is 4.74 Å². The van der Waals surface area contributed by atoms with Crippen molar-refractivity contribution in [3.63, 3.8) is 0 Å². The van der Waals surface area contributed by atoms with Crippen LogP contribution in [0.3, 0.4) is 0 Å². The fraction of sp³-hybridized carbons (Fsp3) is 0.455. The van der Waals surface area contributed by atoms with E-state index in [0.29, 0.717) is 0 Å². The highest BCUT2D eigenvalue weighted by molar-refractivity contribution is 6.32. The van der Waals surface area contributed by atoms with Crippen LogP contribution in [0.5, 0.6) is 5.75 Å². The number of hydrogen-bond acceptors (Lipinski definition) is 1. The van der Waals surface area contributed by atoms with Gasteiger partial charge in [0.1, 0.15) is 5.75 Å².